The molecule has 1 atom stereocenters. The standard InChI is InChI=1S/C17H22N2O2/c20-17(19-11-3-1-2-4-12-19)14-15(16-8-7-13-21-16)18-9-5-6-10-18/h5-10,13,15H,1-4,11-12,14H2. The summed E-state index contributed by atoms with van der Waals surface area (Å²) in [5, 5.41) is 0. The van der Waals surface area contributed by atoms with Crippen molar-refractivity contribution in [3.8, 4) is 0 Å². The molecule has 0 spiro atoms. The zero-order valence-electron chi connectivity index (χ0n) is 12.3. The van der Waals surface area contributed by atoms with E-state index >= 15 is 0 Å². The molecule has 1 saturated heterocycles. The average molecular weight is 286 g/mol. The number of carbonyl (C=O) groups is 1. The summed E-state index contributed by atoms with van der Waals surface area (Å²) in [4.78, 5) is 14.6. The number of aromatic nitrogens is 1. The number of rotatable bonds is 4. The summed E-state index contributed by atoms with van der Waals surface area (Å²) in [6.45, 7) is 1.80. The van der Waals surface area contributed by atoms with Crippen molar-refractivity contribution in [2.24, 2.45) is 0 Å². The Morgan fingerprint density at radius 2 is 1.81 bits per heavy atom. The van der Waals surface area contributed by atoms with Crippen LogP contribution in [0.1, 0.15) is 43.9 Å². The van der Waals surface area contributed by atoms with Gasteiger partial charge in [-0.3, -0.25) is 4.79 Å². The highest BCUT2D eigenvalue weighted by Gasteiger charge is 2.23. The Morgan fingerprint density at radius 3 is 2.43 bits per heavy atom. The van der Waals surface area contributed by atoms with E-state index in [-0.39, 0.29) is 11.9 Å². The quantitative estimate of drug-likeness (QED) is 0.863. The van der Waals surface area contributed by atoms with Crippen LogP contribution in [0.5, 0.6) is 0 Å². The number of amides is 1. The van der Waals surface area contributed by atoms with Gasteiger partial charge < -0.3 is 13.9 Å². The maximum atomic E-state index is 12.6. The van der Waals surface area contributed by atoms with Crippen LogP contribution in [0.3, 0.4) is 0 Å². The highest BCUT2D eigenvalue weighted by atomic mass is 16.3. The average Bonchev–Trinajstić information content (AvgIpc) is 3.14. The van der Waals surface area contributed by atoms with Crippen molar-refractivity contribution in [3.63, 3.8) is 0 Å². The van der Waals surface area contributed by atoms with Crippen LogP contribution in [0.15, 0.2) is 47.3 Å². The predicted molar refractivity (Wildman–Crippen MR) is 80.9 cm³/mol. The van der Waals surface area contributed by atoms with Crippen molar-refractivity contribution in [2.75, 3.05) is 13.1 Å². The third kappa shape index (κ3) is 3.38. The van der Waals surface area contributed by atoms with Crippen molar-refractivity contribution in [1.82, 2.24) is 9.47 Å². The van der Waals surface area contributed by atoms with Crippen LogP contribution < -0.4 is 0 Å². The fourth-order valence-corrected chi connectivity index (χ4v) is 3.00. The Bertz CT molecular complexity index is 503. The van der Waals surface area contributed by atoms with Crippen LogP contribution >= 0.6 is 0 Å². The first-order valence-corrected chi connectivity index (χ1v) is 7.78. The van der Waals surface area contributed by atoms with Gasteiger partial charge in [-0.05, 0) is 37.1 Å². The van der Waals surface area contributed by atoms with E-state index in [2.05, 4.69) is 4.57 Å². The molecule has 0 radical (unpaired) electrons. The summed E-state index contributed by atoms with van der Waals surface area (Å²) in [6, 6.07) is 7.73. The van der Waals surface area contributed by atoms with Gasteiger partial charge in [0.05, 0.1) is 18.7 Å². The summed E-state index contributed by atoms with van der Waals surface area (Å²) in [6.07, 6.45) is 10.8. The number of hydrogen-bond donors (Lipinski definition) is 0. The lowest BCUT2D eigenvalue weighted by atomic mass is 10.1. The van der Waals surface area contributed by atoms with Crippen molar-refractivity contribution in [1.29, 1.82) is 0 Å². The second kappa shape index (κ2) is 6.66. The van der Waals surface area contributed by atoms with Crippen molar-refractivity contribution in [3.05, 3.63) is 48.7 Å². The molecule has 112 valence electrons. The second-order valence-corrected chi connectivity index (χ2v) is 5.66. The van der Waals surface area contributed by atoms with Crippen LogP contribution in [0.2, 0.25) is 0 Å². The third-order valence-electron chi connectivity index (χ3n) is 4.19. The molecular formula is C17H22N2O2. The van der Waals surface area contributed by atoms with E-state index in [0.717, 1.165) is 31.7 Å². The van der Waals surface area contributed by atoms with Gasteiger partial charge in [-0.2, -0.15) is 0 Å². The minimum Gasteiger partial charge on any atom is -0.467 e. The minimum atomic E-state index is -0.0502. The number of carbonyl (C=O) groups excluding carboxylic acids is 1. The SMILES string of the molecule is O=C(CC(c1ccco1)n1cccc1)N1CCCCCC1. The maximum absolute atomic E-state index is 12.6. The lowest BCUT2D eigenvalue weighted by Gasteiger charge is -2.24. The molecule has 4 heteroatoms. The summed E-state index contributed by atoms with van der Waals surface area (Å²) < 4.78 is 7.59. The summed E-state index contributed by atoms with van der Waals surface area (Å²) in [5.41, 5.74) is 0. The second-order valence-electron chi connectivity index (χ2n) is 5.66. The molecule has 0 bridgehead atoms. The van der Waals surface area contributed by atoms with Gasteiger partial charge in [-0.1, -0.05) is 12.8 Å². The van der Waals surface area contributed by atoms with Gasteiger partial charge in [0.2, 0.25) is 5.91 Å². The zero-order chi connectivity index (χ0) is 14.5. The van der Waals surface area contributed by atoms with Crippen molar-refractivity contribution >= 4 is 5.91 Å². The van der Waals surface area contributed by atoms with E-state index in [1.165, 1.54) is 12.8 Å². The number of hydrogen-bond acceptors (Lipinski definition) is 2. The molecule has 0 N–H and O–H groups in total. The Labute approximate surface area is 125 Å². The van der Waals surface area contributed by atoms with Gasteiger partial charge in [0.1, 0.15) is 5.76 Å². The molecular weight excluding hydrogens is 264 g/mol. The van der Waals surface area contributed by atoms with Gasteiger partial charge in [-0.25, -0.2) is 0 Å². The molecule has 0 aromatic carbocycles. The molecule has 3 rings (SSSR count). The van der Waals surface area contributed by atoms with Crippen LogP contribution in [0.4, 0.5) is 0 Å². The zero-order valence-corrected chi connectivity index (χ0v) is 12.3. The van der Waals surface area contributed by atoms with Gasteiger partial charge in [0, 0.05) is 25.5 Å². The molecule has 2 aromatic rings. The number of likely N-dealkylation sites (tertiary alicyclic amines) is 1. The Hall–Kier alpha value is -1.97. The Balaban J connectivity index is 1.74. The first kappa shape index (κ1) is 14.0. The molecule has 2 aromatic heterocycles. The van der Waals surface area contributed by atoms with Gasteiger partial charge in [0.15, 0.2) is 0 Å². The maximum Gasteiger partial charge on any atom is 0.225 e. The van der Waals surface area contributed by atoms with E-state index in [9.17, 15) is 4.79 Å². The monoisotopic (exact) mass is 286 g/mol. The first-order valence-electron chi connectivity index (χ1n) is 7.78. The molecule has 21 heavy (non-hydrogen) atoms. The fraction of sp³-hybridized carbons (Fsp3) is 0.471. The van der Waals surface area contributed by atoms with Gasteiger partial charge in [-0.15, -0.1) is 0 Å². The lowest BCUT2D eigenvalue weighted by Crippen LogP contribution is -2.33. The molecule has 1 fully saturated rings. The summed E-state index contributed by atoms with van der Waals surface area (Å²) >= 11 is 0. The van der Waals surface area contributed by atoms with Gasteiger partial charge >= 0.3 is 0 Å². The van der Waals surface area contributed by atoms with Crippen LogP contribution in [0.25, 0.3) is 0 Å². The lowest BCUT2D eigenvalue weighted by molar-refractivity contribution is -0.131. The highest BCUT2D eigenvalue weighted by molar-refractivity contribution is 5.77. The largest absolute Gasteiger partial charge is 0.467 e. The van der Waals surface area contributed by atoms with E-state index in [0.29, 0.717) is 6.42 Å². The fourth-order valence-electron chi connectivity index (χ4n) is 3.00. The predicted octanol–water partition coefficient (Wildman–Crippen LogP) is 3.46. The van der Waals surface area contributed by atoms with Gasteiger partial charge in [0.25, 0.3) is 0 Å². The van der Waals surface area contributed by atoms with E-state index in [4.69, 9.17) is 4.42 Å². The highest BCUT2D eigenvalue weighted by Crippen LogP contribution is 2.24. The first-order chi connectivity index (χ1) is 10.3. The van der Waals surface area contributed by atoms with Crippen LogP contribution in [-0.2, 0) is 4.79 Å². The van der Waals surface area contributed by atoms with Crippen LogP contribution in [0, 0.1) is 0 Å². The molecule has 1 unspecified atom stereocenters. The molecule has 1 amide bonds. The number of furan rings is 1. The summed E-state index contributed by atoms with van der Waals surface area (Å²) in [5.74, 6) is 1.07. The summed E-state index contributed by atoms with van der Waals surface area (Å²) in [7, 11) is 0. The molecule has 3 heterocycles. The molecule has 0 aliphatic carbocycles. The van der Waals surface area contributed by atoms with E-state index in [1.807, 2.05) is 41.6 Å². The number of nitrogens with zero attached hydrogens (tertiary/aromatic N) is 2. The minimum absolute atomic E-state index is 0.0502. The van der Waals surface area contributed by atoms with Crippen molar-refractivity contribution < 1.29 is 9.21 Å². The third-order valence-corrected chi connectivity index (χ3v) is 4.19. The smallest absolute Gasteiger partial charge is 0.225 e. The Kier molecular flexibility index (Phi) is 4.43. The van der Waals surface area contributed by atoms with Crippen molar-refractivity contribution in [2.45, 2.75) is 38.1 Å². The topological polar surface area (TPSA) is 38.4 Å². The molecule has 4 nitrogen and oxygen atoms in total. The Morgan fingerprint density at radius 1 is 1.10 bits per heavy atom. The molecule has 1 aliphatic rings. The molecule has 1 aliphatic heterocycles. The van der Waals surface area contributed by atoms with Crippen LogP contribution in [-0.4, -0.2) is 28.5 Å². The van der Waals surface area contributed by atoms with E-state index < -0.39 is 0 Å². The van der Waals surface area contributed by atoms with E-state index in [1.54, 1.807) is 6.26 Å². The normalized spacial score (nSPS) is 17.4. The molecule has 0 saturated carbocycles.